The molecule has 3 aromatic rings. The molecule has 2 amide bonds. The number of rotatable bonds is 9. The molecule has 0 spiro atoms. The molecule has 0 aliphatic heterocycles. The number of carbonyl (C=O) groups is 2. The van der Waals surface area contributed by atoms with Crippen LogP contribution in [0.3, 0.4) is 0 Å². The van der Waals surface area contributed by atoms with Crippen molar-refractivity contribution in [3.05, 3.63) is 84.2 Å². The van der Waals surface area contributed by atoms with Crippen molar-refractivity contribution in [2.24, 2.45) is 0 Å². The Balaban J connectivity index is 1.50. The number of nitrogens with one attached hydrogen (secondary N) is 2. The molecule has 0 saturated heterocycles. The summed E-state index contributed by atoms with van der Waals surface area (Å²) in [5.41, 5.74) is 2.75. The average Bonchev–Trinajstić information content (AvgIpc) is 2.80. The molecule has 2 N–H and O–H groups in total. The van der Waals surface area contributed by atoms with E-state index in [1.807, 2.05) is 42.5 Å². The van der Waals surface area contributed by atoms with E-state index in [1.54, 1.807) is 12.1 Å². The molecule has 0 aliphatic carbocycles. The first-order valence-corrected chi connectivity index (χ1v) is 9.71. The minimum Gasteiger partial charge on any atom is -0.488 e. The molecule has 0 bridgehead atoms. The molecule has 7 heteroatoms. The minimum atomic E-state index is -0.601. The second-order valence-corrected chi connectivity index (χ2v) is 6.66. The Morgan fingerprint density at radius 3 is 2.29 bits per heavy atom. The number of ether oxygens (including phenoxy) is 2. The fourth-order valence-electron chi connectivity index (χ4n) is 2.84. The fourth-order valence-corrected chi connectivity index (χ4v) is 2.84. The summed E-state index contributed by atoms with van der Waals surface area (Å²) >= 11 is 0. The largest absolute Gasteiger partial charge is 0.488 e. The number of anilines is 1. The van der Waals surface area contributed by atoms with Gasteiger partial charge < -0.3 is 20.1 Å². The zero-order valence-electron chi connectivity index (χ0n) is 17.1. The van der Waals surface area contributed by atoms with E-state index in [4.69, 9.17) is 9.47 Å². The van der Waals surface area contributed by atoms with Crippen molar-refractivity contribution in [3.8, 4) is 16.9 Å². The molecule has 0 aliphatic rings. The monoisotopic (exact) mass is 422 g/mol. The molecule has 3 rings (SSSR count). The normalized spacial score (nSPS) is 10.4. The molecule has 31 heavy (non-hydrogen) atoms. The van der Waals surface area contributed by atoms with Gasteiger partial charge >= 0.3 is 0 Å². The van der Waals surface area contributed by atoms with E-state index < -0.39 is 11.7 Å². The van der Waals surface area contributed by atoms with Crippen LogP contribution in [0.1, 0.15) is 10.4 Å². The molecule has 0 atom stereocenters. The number of halogens is 1. The van der Waals surface area contributed by atoms with Crippen LogP contribution in [0, 0.1) is 5.82 Å². The van der Waals surface area contributed by atoms with Crippen LogP contribution >= 0.6 is 0 Å². The van der Waals surface area contributed by atoms with E-state index in [1.165, 1.54) is 19.2 Å². The number of amides is 2. The smallest absolute Gasteiger partial charge is 0.251 e. The van der Waals surface area contributed by atoms with Crippen molar-refractivity contribution < 1.29 is 23.5 Å². The summed E-state index contributed by atoms with van der Waals surface area (Å²) < 4.78 is 24.1. The Hall–Kier alpha value is -3.71. The van der Waals surface area contributed by atoms with Crippen LogP contribution in [0.15, 0.2) is 72.8 Å². The van der Waals surface area contributed by atoms with Gasteiger partial charge in [-0.05, 0) is 35.4 Å². The molecule has 0 saturated carbocycles. The molecule has 6 nitrogen and oxygen atoms in total. The third-order valence-electron chi connectivity index (χ3n) is 4.42. The molecule has 3 aromatic carbocycles. The van der Waals surface area contributed by atoms with Gasteiger partial charge in [-0.25, -0.2) is 4.39 Å². The summed E-state index contributed by atoms with van der Waals surface area (Å²) in [4.78, 5) is 24.4. The van der Waals surface area contributed by atoms with Gasteiger partial charge in [0.2, 0.25) is 5.91 Å². The Labute approximate surface area is 180 Å². The average molecular weight is 422 g/mol. The first-order chi connectivity index (χ1) is 15.1. The summed E-state index contributed by atoms with van der Waals surface area (Å²) in [5.74, 6) is -1.37. The number of carbonyl (C=O) groups excluding carboxylic acids is 2. The second-order valence-electron chi connectivity index (χ2n) is 6.66. The fraction of sp³-hybridized carbons (Fsp3) is 0.167. The molecule has 0 fully saturated rings. The first-order valence-electron chi connectivity index (χ1n) is 9.71. The van der Waals surface area contributed by atoms with Crippen LogP contribution in [0.4, 0.5) is 10.1 Å². The van der Waals surface area contributed by atoms with Crippen LogP contribution in [0.25, 0.3) is 11.1 Å². The molecule has 0 heterocycles. The van der Waals surface area contributed by atoms with E-state index in [9.17, 15) is 14.0 Å². The van der Waals surface area contributed by atoms with Crippen LogP contribution in [-0.4, -0.2) is 38.7 Å². The van der Waals surface area contributed by atoms with Crippen molar-refractivity contribution >= 4 is 17.5 Å². The first kappa shape index (κ1) is 22.0. The third-order valence-corrected chi connectivity index (χ3v) is 4.42. The number of methoxy groups -OCH3 is 1. The standard InChI is InChI=1S/C24H23FN2O4/c1-30-13-14-31-22-12-11-20(15-21(22)25)27-23(28)16-26-24(29)19-9-7-18(8-10-19)17-5-3-2-4-6-17/h2-12,15H,13-14,16H2,1H3,(H,26,29)(H,27,28). The SMILES string of the molecule is COCCOc1ccc(NC(=O)CNC(=O)c2ccc(-c3ccccc3)cc2)cc1F. The van der Waals surface area contributed by atoms with Crippen LogP contribution < -0.4 is 15.4 Å². The maximum atomic E-state index is 14.0. The van der Waals surface area contributed by atoms with E-state index in [-0.39, 0.29) is 30.5 Å². The molecular weight excluding hydrogens is 399 g/mol. The van der Waals surface area contributed by atoms with Gasteiger partial charge in [0.1, 0.15) is 6.61 Å². The van der Waals surface area contributed by atoms with Gasteiger partial charge in [0.25, 0.3) is 5.91 Å². The highest BCUT2D eigenvalue weighted by molar-refractivity contribution is 5.99. The Morgan fingerprint density at radius 2 is 1.61 bits per heavy atom. The van der Waals surface area contributed by atoms with Crippen molar-refractivity contribution in [1.29, 1.82) is 0 Å². The lowest BCUT2D eigenvalue weighted by atomic mass is 10.0. The van der Waals surface area contributed by atoms with E-state index in [0.717, 1.165) is 17.2 Å². The Morgan fingerprint density at radius 1 is 0.903 bits per heavy atom. The lowest BCUT2D eigenvalue weighted by molar-refractivity contribution is -0.115. The van der Waals surface area contributed by atoms with Crippen molar-refractivity contribution in [1.82, 2.24) is 5.32 Å². The zero-order valence-corrected chi connectivity index (χ0v) is 17.1. The lowest BCUT2D eigenvalue weighted by Crippen LogP contribution is -2.32. The molecule has 0 unspecified atom stereocenters. The second kappa shape index (κ2) is 10.9. The van der Waals surface area contributed by atoms with Gasteiger partial charge in [-0.3, -0.25) is 9.59 Å². The van der Waals surface area contributed by atoms with Crippen LogP contribution in [0.2, 0.25) is 0 Å². The van der Waals surface area contributed by atoms with Gasteiger partial charge in [-0.1, -0.05) is 42.5 Å². The van der Waals surface area contributed by atoms with E-state index in [2.05, 4.69) is 10.6 Å². The van der Waals surface area contributed by atoms with Crippen LogP contribution in [-0.2, 0) is 9.53 Å². The number of hydrogen-bond acceptors (Lipinski definition) is 4. The van der Waals surface area contributed by atoms with Crippen molar-refractivity contribution in [3.63, 3.8) is 0 Å². The maximum absolute atomic E-state index is 14.0. The highest BCUT2D eigenvalue weighted by Gasteiger charge is 2.10. The topological polar surface area (TPSA) is 76.7 Å². The predicted octanol–water partition coefficient (Wildman–Crippen LogP) is 3.89. The summed E-state index contributed by atoms with van der Waals surface area (Å²) in [6, 6.07) is 21.0. The van der Waals surface area contributed by atoms with Crippen molar-refractivity contribution in [2.45, 2.75) is 0 Å². The summed E-state index contributed by atoms with van der Waals surface area (Å²) in [7, 11) is 1.52. The quantitative estimate of drug-likeness (QED) is 0.513. The Bertz CT molecular complexity index is 1020. The highest BCUT2D eigenvalue weighted by atomic mass is 19.1. The molecule has 160 valence electrons. The number of hydrogen-bond donors (Lipinski definition) is 2. The van der Waals surface area contributed by atoms with Gasteiger partial charge in [0.15, 0.2) is 11.6 Å². The molecular formula is C24H23FN2O4. The van der Waals surface area contributed by atoms with E-state index >= 15 is 0 Å². The molecule has 0 radical (unpaired) electrons. The lowest BCUT2D eigenvalue weighted by Gasteiger charge is -2.10. The summed E-state index contributed by atoms with van der Waals surface area (Å²) in [6.45, 7) is 0.317. The summed E-state index contributed by atoms with van der Waals surface area (Å²) in [5, 5.41) is 5.10. The van der Waals surface area contributed by atoms with Crippen molar-refractivity contribution in [2.75, 3.05) is 32.2 Å². The number of benzene rings is 3. The summed E-state index contributed by atoms with van der Waals surface area (Å²) in [6.07, 6.45) is 0. The van der Waals surface area contributed by atoms with Gasteiger partial charge in [0.05, 0.1) is 13.2 Å². The highest BCUT2D eigenvalue weighted by Crippen LogP contribution is 2.21. The minimum absolute atomic E-state index is 0.0716. The van der Waals surface area contributed by atoms with Crippen LogP contribution in [0.5, 0.6) is 5.75 Å². The maximum Gasteiger partial charge on any atom is 0.251 e. The van der Waals surface area contributed by atoms with Gasteiger partial charge in [0, 0.05) is 24.4 Å². The van der Waals surface area contributed by atoms with Gasteiger partial charge in [-0.2, -0.15) is 0 Å². The third kappa shape index (κ3) is 6.38. The van der Waals surface area contributed by atoms with Gasteiger partial charge in [-0.15, -0.1) is 0 Å². The zero-order chi connectivity index (χ0) is 22.1. The Kier molecular flexibility index (Phi) is 7.73. The predicted molar refractivity (Wildman–Crippen MR) is 117 cm³/mol. The van der Waals surface area contributed by atoms with E-state index in [0.29, 0.717) is 12.2 Å². The molecule has 0 aromatic heterocycles.